The van der Waals surface area contributed by atoms with Crippen molar-refractivity contribution in [1.29, 1.82) is 0 Å². The smallest absolute Gasteiger partial charge is 0.306 e. The first kappa shape index (κ1) is 11.5. The van der Waals surface area contributed by atoms with E-state index in [1.54, 1.807) is 0 Å². The second kappa shape index (κ2) is 4.77. The van der Waals surface area contributed by atoms with E-state index in [0.29, 0.717) is 6.42 Å². The summed E-state index contributed by atoms with van der Waals surface area (Å²) in [5.74, 6) is -0.203. The Morgan fingerprint density at radius 3 is 2.50 bits per heavy atom. The van der Waals surface area contributed by atoms with Gasteiger partial charge >= 0.3 is 5.97 Å². The van der Waals surface area contributed by atoms with E-state index in [4.69, 9.17) is 4.74 Å². The molecule has 0 aliphatic heterocycles. The number of ether oxygens (including phenoxy) is 1. The van der Waals surface area contributed by atoms with Crippen LogP contribution in [0.4, 0.5) is 0 Å². The zero-order valence-corrected chi connectivity index (χ0v) is 9.18. The molecule has 0 bridgehead atoms. The second-order valence-electron chi connectivity index (χ2n) is 3.78. The molecular formula is C9H16O4S. The molecule has 1 rings (SSSR count). The van der Waals surface area contributed by atoms with Crippen molar-refractivity contribution in [2.24, 2.45) is 0 Å². The van der Waals surface area contributed by atoms with E-state index in [9.17, 15) is 13.2 Å². The largest absolute Gasteiger partial charge is 0.462 e. The Labute approximate surface area is 84.6 Å². The molecule has 0 aromatic heterocycles. The third-order valence-corrected chi connectivity index (χ3v) is 3.28. The van der Waals surface area contributed by atoms with Crippen molar-refractivity contribution in [2.75, 3.05) is 12.0 Å². The van der Waals surface area contributed by atoms with E-state index in [1.807, 2.05) is 0 Å². The molecule has 1 aliphatic rings. The van der Waals surface area contributed by atoms with Crippen LogP contribution in [0.3, 0.4) is 0 Å². The maximum Gasteiger partial charge on any atom is 0.306 e. The molecule has 0 amide bonds. The van der Waals surface area contributed by atoms with E-state index in [1.165, 1.54) is 6.26 Å². The van der Waals surface area contributed by atoms with Crippen LogP contribution in [0.25, 0.3) is 0 Å². The predicted octanol–water partition coefficient (Wildman–Crippen LogP) is 0.907. The fraction of sp³-hybridized carbons (Fsp3) is 0.889. The van der Waals surface area contributed by atoms with Crippen molar-refractivity contribution in [3.63, 3.8) is 0 Å². The Bertz CT molecular complexity index is 290. The van der Waals surface area contributed by atoms with Crippen LogP contribution < -0.4 is 0 Å². The van der Waals surface area contributed by atoms with Crippen molar-refractivity contribution >= 4 is 15.8 Å². The van der Waals surface area contributed by atoms with Crippen molar-refractivity contribution in [3.05, 3.63) is 0 Å². The molecule has 1 fully saturated rings. The molecular weight excluding hydrogens is 204 g/mol. The van der Waals surface area contributed by atoms with Gasteiger partial charge in [0.2, 0.25) is 0 Å². The van der Waals surface area contributed by atoms with Crippen LogP contribution in [0.15, 0.2) is 0 Å². The SMILES string of the molecule is CS(=O)(=O)CCCC(=O)OC1CCC1. The quantitative estimate of drug-likeness (QED) is 0.646. The number of carbonyl (C=O) groups is 1. The van der Waals surface area contributed by atoms with Crippen LogP contribution in [0.1, 0.15) is 32.1 Å². The minimum absolute atomic E-state index is 0.0623. The molecule has 4 nitrogen and oxygen atoms in total. The molecule has 0 aromatic carbocycles. The van der Waals surface area contributed by atoms with Crippen LogP contribution in [-0.2, 0) is 19.4 Å². The van der Waals surface area contributed by atoms with Gasteiger partial charge in [0, 0.05) is 12.7 Å². The summed E-state index contributed by atoms with van der Waals surface area (Å²) in [6, 6.07) is 0. The van der Waals surface area contributed by atoms with Crippen LogP contribution >= 0.6 is 0 Å². The summed E-state index contributed by atoms with van der Waals surface area (Å²) in [5, 5.41) is 0. The summed E-state index contributed by atoms with van der Waals surface area (Å²) in [5.41, 5.74) is 0. The number of esters is 1. The number of rotatable bonds is 5. The summed E-state index contributed by atoms with van der Waals surface area (Å²) in [6.07, 6.45) is 4.88. The Morgan fingerprint density at radius 2 is 2.07 bits per heavy atom. The first-order valence-corrected chi connectivity index (χ1v) is 6.90. The number of carbonyl (C=O) groups excluding carboxylic acids is 1. The van der Waals surface area contributed by atoms with Gasteiger partial charge in [-0.1, -0.05) is 0 Å². The highest BCUT2D eigenvalue weighted by atomic mass is 32.2. The van der Waals surface area contributed by atoms with Crippen LogP contribution in [0, 0.1) is 0 Å². The van der Waals surface area contributed by atoms with Gasteiger partial charge in [-0.15, -0.1) is 0 Å². The Balaban J connectivity index is 2.08. The van der Waals surface area contributed by atoms with E-state index >= 15 is 0 Å². The van der Waals surface area contributed by atoms with Gasteiger partial charge in [0.05, 0.1) is 5.75 Å². The van der Waals surface area contributed by atoms with Crippen molar-refractivity contribution in [1.82, 2.24) is 0 Å². The number of hydrogen-bond acceptors (Lipinski definition) is 4. The van der Waals surface area contributed by atoms with Gasteiger partial charge in [-0.3, -0.25) is 4.79 Å². The van der Waals surface area contributed by atoms with E-state index in [2.05, 4.69) is 0 Å². The molecule has 0 heterocycles. The Kier molecular flexibility index (Phi) is 3.92. The fourth-order valence-electron chi connectivity index (χ4n) is 1.21. The molecule has 1 aliphatic carbocycles. The fourth-order valence-corrected chi connectivity index (χ4v) is 1.88. The van der Waals surface area contributed by atoms with Crippen molar-refractivity contribution < 1.29 is 17.9 Å². The lowest BCUT2D eigenvalue weighted by atomic mass is 9.96. The highest BCUT2D eigenvalue weighted by Gasteiger charge is 2.21. The van der Waals surface area contributed by atoms with Crippen LogP contribution in [0.2, 0.25) is 0 Å². The first-order chi connectivity index (χ1) is 6.47. The minimum Gasteiger partial charge on any atom is -0.462 e. The average molecular weight is 220 g/mol. The van der Waals surface area contributed by atoms with Gasteiger partial charge in [0.1, 0.15) is 15.9 Å². The molecule has 0 atom stereocenters. The monoisotopic (exact) mass is 220 g/mol. The van der Waals surface area contributed by atoms with Gasteiger partial charge < -0.3 is 4.74 Å². The zero-order chi connectivity index (χ0) is 10.6. The Hall–Kier alpha value is -0.580. The van der Waals surface area contributed by atoms with Crippen LogP contribution in [-0.4, -0.2) is 32.5 Å². The van der Waals surface area contributed by atoms with Gasteiger partial charge in [-0.2, -0.15) is 0 Å². The maximum atomic E-state index is 11.1. The molecule has 82 valence electrons. The molecule has 0 unspecified atom stereocenters. The molecule has 5 heteroatoms. The molecule has 0 N–H and O–H groups in total. The van der Waals surface area contributed by atoms with Crippen molar-refractivity contribution in [2.45, 2.75) is 38.2 Å². The van der Waals surface area contributed by atoms with E-state index in [0.717, 1.165) is 19.3 Å². The summed E-state index contributed by atoms with van der Waals surface area (Å²) in [4.78, 5) is 11.1. The molecule has 0 spiro atoms. The van der Waals surface area contributed by atoms with Gasteiger partial charge in [0.15, 0.2) is 0 Å². The maximum absolute atomic E-state index is 11.1. The molecule has 1 saturated carbocycles. The summed E-state index contributed by atoms with van der Waals surface area (Å²) in [7, 11) is -2.95. The summed E-state index contributed by atoms with van der Waals surface area (Å²) in [6.45, 7) is 0. The van der Waals surface area contributed by atoms with Crippen molar-refractivity contribution in [3.8, 4) is 0 Å². The summed E-state index contributed by atoms with van der Waals surface area (Å²) < 4.78 is 26.6. The average Bonchev–Trinajstić information content (AvgIpc) is 1.94. The highest BCUT2D eigenvalue weighted by molar-refractivity contribution is 7.90. The first-order valence-electron chi connectivity index (χ1n) is 4.84. The molecule has 0 aromatic rings. The van der Waals surface area contributed by atoms with Gasteiger partial charge in [0.25, 0.3) is 0 Å². The van der Waals surface area contributed by atoms with E-state index < -0.39 is 9.84 Å². The lowest BCUT2D eigenvalue weighted by molar-refractivity contribution is -0.152. The summed E-state index contributed by atoms with van der Waals surface area (Å²) >= 11 is 0. The molecule has 0 saturated heterocycles. The van der Waals surface area contributed by atoms with E-state index in [-0.39, 0.29) is 24.2 Å². The number of sulfone groups is 1. The standard InChI is InChI=1S/C9H16O4S/c1-14(11,12)7-3-6-9(10)13-8-4-2-5-8/h8H,2-7H2,1H3. The third kappa shape index (κ3) is 4.60. The molecule has 0 radical (unpaired) electrons. The third-order valence-electron chi connectivity index (χ3n) is 2.25. The molecule has 14 heavy (non-hydrogen) atoms. The lowest BCUT2D eigenvalue weighted by Crippen LogP contribution is -2.25. The van der Waals surface area contributed by atoms with Gasteiger partial charge in [-0.25, -0.2) is 8.42 Å². The highest BCUT2D eigenvalue weighted by Crippen LogP contribution is 2.22. The topological polar surface area (TPSA) is 60.4 Å². The normalized spacial score (nSPS) is 17.5. The zero-order valence-electron chi connectivity index (χ0n) is 8.36. The Morgan fingerprint density at radius 1 is 1.43 bits per heavy atom. The lowest BCUT2D eigenvalue weighted by Gasteiger charge is -2.25. The predicted molar refractivity (Wildman–Crippen MR) is 52.7 cm³/mol. The number of hydrogen-bond donors (Lipinski definition) is 0. The minimum atomic E-state index is -2.95. The van der Waals surface area contributed by atoms with Crippen LogP contribution in [0.5, 0.6) is 0 Å². The van der Waals surface area contributed by atoms with Gasteiger partial charge in [-0.05, 0) is 25.7 Å². The second-order valence-corrected chi connectivity index (χ2v) is 6.04.